The number of carbonyl (C=O) groups excluding carboxylic acids is 1. The van der Waals surface area contributed by atoms with Crippen LogP contribution in [0.1, 0.15) is 39.0 Å². The fraction of sp³-hybridized carbons (Fsp3) is 0.583. The Morgan fingerprint density at radius 1 is 1.54 bits per heavy atom. The summed E-state index contributed by atoms with van der Waals surface area (Å²) in [4.78, 5) is 11.4. The van der Waals surface area contributed by atoms with Crippen LogP contribution in [0.25, 0.3) is 0 Å². The van der Waals surface area contributed by atoms with Gasteiger partial charge in [0.25, 0.3) is 0 Å². The quantitative estimate of drug-likeness (QED) is 0.591. The molecule has 1 rings (SSSR count). The molecule has 0 spiro atoms. The highest BCUT2D eigenvalue weighted by molar-refractivity contribution is 5.81. The zero-order chi connectivity index (χ0) is 9.52. The molecule has 1 atom stereocenters. The first kappa shape index (κ1) is 10.1. The van der Waals surface area contributed by atoms with Crippen LogP contribution in [0.5, 0.6) is 0 Å². The molecule has 1 heteroatoms. The smallest absolute Gasteiger partial charge is 0.136 e. The molecule has 70 valence electrons. The van der Waals surface area contributed by atoms with E-state index in [1.807, 2.05) is 19.1 Å². The number of carbonyl (C=O) groups is 1. The van der Waals surface area contributed by atoms with Crippen molar-refractivity contribution in [3.63, 3.8) is 0 Å². The van der Waals surface area contributed by atoms with Gasteiger partial charge < -0.3 is 0 Å². The van der Waals surface area contributed by atoms with Crippen LogP contribution in [0.3, 0.4) is 0 Å². The summed E-state index contributed by atoms with van der Waals surface area (Å²) in [6, 6.07) is 0. The van der Waals surface area contributed by atoms with Crippen molar-refractivity contribution in [2.75, 3.05) is 0 Å². The lowest BCUT2D eigenvalue weighted by Gasteiger charge is -2.18. The average Bonchev–Trinajstić information content (AvgIpc) is 2.15. The van der Waals surface area contributed by atoms with E-state index in [1.54, 1.807) is 0 Å². The molecule has 1 aliphatic rings. The first-order chi connectivity index (χ1) is 6.34. The highest BCUT2D eigenvalue weighted by Crippen LogP contribution is 2.23. The van der Waals surface area contributed by atoms with Crippen LogP contribution >= 0.6 is 0 Å². The molecule has 0 heterocycles. The Kier molecular flexibility index (Phi) is 4.32. The Balaban J connectivity index is 2.33. The van der Waals surface area contributed by atoms with Gasteiger partial charge in [-0.3, -0.25) is 4.79 Å². The van der Waals surface area contributed by atoms with Crippen molar-refractivity contribution < 1.29 is 4.79 Å². The SMILES string of the molecule is CC#C/C=C/CC1CCCCC1=O. The van der Waals surface area contributed by atoms with E-state index in [0.717, 1.165) is 25.7 Å². The molecule has 0 aromatic carbocycles. The van der Waals surface area contributed by atoms with E-state index in [9.17, 15) is 4.79 Å². The van der Waals surface area contributed by atoms with Crippen molar-refractivity contribution >= 4 is 5.78 Å². The standard InChI is InChI=1S/C12H16O/c1-2-3-4-5-8-11-9-6-7-10-12(11)13/h4-5,11H,6-10H2,1H3/b5-4+. The molecule has 1 aliphatic carbocycles. The van der Waals surface area contributed by atoms with Crippen molar-refractivity contribution in [1.29, 1.82) is 0 Å². The van der Waals surface area contributed by atoms with Gasteiger partial charge in [-0.1, -0.05) is 18.4 Å². The molecule has 1 fully saturated rings. The van der Waals surface area contributed by atoms with Gasteiger partial charge in [-0.25, -0.2) is 0 Å². The number of hydrogen-bond acceptors (Lipinski definition) is 1. The largest absolute Gasteiger partial charge is 0.299 e. The first-order valence-corrected chi connectivity index (χ1v) is 4.94. The second kappa shape index (κ2) is 5.59. The van der Waals surface area contributed by atoms with E-state index >= 15 is 0 Å². The minimum atomic E-state index is 0.281. The van der Waals surface area contributed by atoms with E-state index in [2.05, 4.69) is 11.8 Å². The van der Waals surface area contributed by atoms with E-state index in [1.165, 1.54) is 6.42 Å². The maximum Gasteiger partial charge on any atom is 0.136 e. The summed E-state index contributed by atoms with van der Waals surface area (Å²) in [6.45, 7) is 1.82. The topological polar surface area (TPSA) is 17.1 Å². The summed E-state index contributed by atoms with van der Waals surface area (Å²) < 4.78 is 0. The van der Waals surface area contributed by atoms with Crippen LogP contribution < -0.4 is 0 Å². The molecule has 0 aromatic heterocycles. The molecule has 0 radical (unpaired) electrons. The van der Waals surface area contributed by atoms with Gasteiger partial charge in [0.05, 0.1) is 0 Å². The Labute approximate surface area is 80.2 Å². The maximum atomic E-state index is 11.4. The van der Waals surface area contributed by atoms with Crippen molar-refractivity contribution in [3.05, 3.63) is 12.2 Å². The number of rotatable bonds is 2. The zero-order valence-corrected chi connectivity index (χ0v) is 8.18. The van der Waals surface area contributed by atoms with Crippen LogP contribution in [0, 0.1) is 17.8 Å². The minimum Gasteiger partial charge on any atom is -0.299 e. The van der Waals surface area contributed by atoms with E-state index < -0.39 is 0 Å². The molecule has 0 N–H and O–H groups in total. The summed E-state index contributed by atoms with van der Waals surface area (Å²) >= 11 is 0. The van der Waals surface area contributed by atoms with Gasteiger partial charge in [0.1, 0.15) is 5.78 Å². The molecule has 1 saturated carbocycles. The number of hydrogen-bond donors (Lipinski definition) is 0. The zero-order valence-electron chi connectivity index (χ0n) is 8.18. The molecular weight excluding hydrogens is 160 g/mol. The van der Waals surface area contributed by atoms with E-state index in [-0.39, 0.29) is 5.92 Å². The Morgan fingerprint density at radius 3 is 3.08 bits per heavy atom. The fourth-order valence-electron chi connectivity index (χ4n) is 1.68. The van der Waals surface area contributed by atoms with Crippen LogP contribution in [0.4, 0.5) is 0 Å². The monoisotopic (exact) mass is 176 g/mol. The van der Waals surface area contributed by atoms with Gasteiger partial charge >= 0.3 is 0 Å². The highest BCUT2D eigenvalue weighted by Gasteiger charge is 2.20. The summed E-state index contributed by atoms with van der Waals surface area (Å²) in [5, 5.41) is 0. The third-order valence-corrected chi connectivity index (χ3v) is 2.45. The Hall–Kier alpha value is -1.03. The van der Waals surface area contributed by atoms with Crippen molar-refractivity contribution in [1.82, 2.24) is 0 Å². The van der Waals surface area contributed by atoms with Crippen molar-refractivity contribution in [2.45, 2.75) is 39.0 Å². The molecular formula is C12H16O. The predicted molar refractivity (Wildman–Crippen MR) is 54.2 cm³/mol. The molecule has 0 aromatic rings. The van der Waals surface area contributed by atoms with Gasteiger partial charge in [0.15, 0.2) is 0 Å². The molecule has 0 saturated heterocycles. The molecule has 13 heavy (non-hydrogen) atoms. The van der Waals surface area contributed by atoms with Crippen molar-refractivity contribution in [2.24, 2.45) is 5.92 Å². The Bertz CT molecular complexity index is 252. The minimum absolute atomic E-state index is 0.281. The third-order valence-electron chi connectivity index (χ3n) is 2.45. The van der Waals surface area contributed by atoms with Gasteiger partial charge in [0.2, 0.25) is 0 Å². The van der Waals surface area contributed by atoms with E-state index in [0.29, 0.717) is 5.78 Å². The number of Topliss-reactive ketones (excluding diaryl/α,β-unsaturated/α-hetero) is 1. The lowest BCUT2D eigenvalue weighted by Crippen LogP contribution is -2.17. The number of allylic oxidation sites excluding steroid dienone is 2. The van der Waals surface area contributed by atoms with Gasteiger partial charge in [-0.05, 0) is 32.3 Å². The molecule has 1 unspecified atom stereocenters. The highest BCUT2D eigenvalue weighted by atomic mass is 16.1. The van der Waals surface area contributed by atoms with Crippen LogP contribution in [0.2, 0.25) is 0 Å². The summed E-state index contributed by atoms with van der Waals surface area (Å²) in [6.07, 6.45) is 8.91. The van der Waals surface area contributed by atoms with Gasteiger partial charge in [0, 0.05) is 12.3 Å². The summed E-state index contributed by atoms with van der Waals surface area (Å²) in [5.74, 6) is 6.38. The molecule has 0 bridgehead atoms. The fourth-order valence-corrected chi connectivity index (χ4v) is 1.68. The second-order valence-electron chi connectivity index (χ2n) is 3.44. The molecule has 1 nitrogen and oxygen atoms in total. The van der Waals surface area contributed by atoms with Crippen LogP contribution in [-0.2, 0) is 4.79 Å². The summed E-state index contributed by atoms with van der Waals surface area (Å²) in [7, 11) is 0. The Morgan fingerprint density at radius 2 is 2.38 bits per heavy atom. The average molecular weight is 176 g/mol. The lowest BCUT2D eigenvalue weighted by atomic mass is 9.86. The third kappa shape index (κ3) is 3.46. The molecule has 0 aliphatic heterocycles. The van der Waals surface area contributed by atoms with Gasteiger partial charge in [-0.2, -0.15) is 0 Å². The van der Waals surface area contributed by atoms with Crippen LogP contribution in [0.15, 0.2) is 12.2 Å². The van der Waals surface area contributed by atoms with Crippen LogP contribution in [-0.4, -0.2) is 5.78 Å². The lowest BCUT2D eigenvalue weighted by molar-refractivity contribution is -0.124. The normalized spacial score (nSPS) is 22.8. The predicted octanol–water partition coefficient (Wildman–Crippen LogP) is 2.72. The second-order valence-corrected chi connectivity index (χ2v) is 3.44. The van der Waals surface area contributed by atoms with Gasteiger partial charge in [-0.15, -0.1) is 5.92 Å². The number of ketones is 1. The molecule has 0 amide bonds. The maximum absolute atomic E-state index is 11.4. The summed E-state index contributed by atoms with van der Waals surface area (Å²) in [5.41, 5.74) is 0. The van der Waals surface area contributed by atoms with E-state index in [4.69, 9.17) is 0 Å². The first-order valence-electron chi connectivity index (χ1n) is 4.94. The van der Waals surface area contributed by atoms with Crippen molar-refractivity contribution in [3.8, 4) is 11.8 Å².